The van der Waals surface area contributed by atoms with Crippen LogP contribution in [0.15, 0.2) is 29.4 Å². The van der Waals surface area contributed by atoms with Crippen LogP contribution < -0.4 is 4.90 Å². The van der Waals surface area contributed by atoms with Crippen LogP contribution in [-0.4, -0.2) is 63.5 Å². The monoisotopic (exact) mass is 421 g/mol. The SMILES string of the molecule is O=C(c1cccc2c1CCN2CC1CSC=N1)N(C1CC1)C1CCc2[nH]ncc2C1. The predicted molar refractivity (Wildman–Crippen MR) is 121 cm³/mol. The van der Waals surface area contributed by atoms with Crippen molar-refractivity contribution in [3.8, 4) is 0 Å². The number of aryl methyl sites for hydroxylation is 1. The summed E-state index contributed by atoms with van der Waals surface area (Å²) in [4.78, 5) is 23.1. The van der Waals surface area contributed by atoms with Gasteiger partial charge in [-0.1, -0.05) is 6.07 Å². The summed E-state index contributed by atoms with van der Waals surface area (Å²) >= 11 is 1.79. The molecule has 0 radical (unpaired) electrons. The molecule has 1 aromatic carbocycles. The van der Waals surface area contributed by atoms with E-state index in [2.05, 4.69) is 43.2 Å². The Balaban J connectivity index is 1.26. The summed E-state index contributed by atoms with van der Waals surface area (Å²) in [6, 6.07) is 7.37. The molecule has 7 heteroatoms. The Morgan fingerprint density at radius 1 is 1.23 bits per heavy atom. The molecule has 2 aliphatic carbocycles. The van der Waals surface area contributed by atoms with Crippen LogP contribution in [0.4, 0.5) is 5.69 Å². The first-order valence-electron chi connectivity index (χ1n) is 11.1. The number of hydrogen-bond donors (Lipinski definition) is 1. The maximum atomic E-state index is 13.8. The molecule has 0 spiro atoms. The standard InChI is InChI=1S/C23H27N5OS/c29-23(28(17-4-5-17)18-6-7-21-15(10-18)11-25-26-21)20-2-1-3-22-19(20)8-9-27(22)12-16-13-30-14-24-16/h1-3,11,14,16-18H,4-10,12-13H2,(H,25,26). The third-order valence-corrected chi connectivity index (χ3v) is 7.83. The summed E-state index contributed by atoms with van der Waals surface area (Å²) in [5.74, 6) is 1.31. The van der Waals surface area contributed by atoms with E-state index in [1.165, 1.54) is 22.5 Å². The van der Waals surface area contributed by atoms with Crippen LogP contribution in [-0.2, 0) is 19.3 Å². The molecule has 1 fully saturated rings. The normalized spacial score (nSPS) is 24.7. The van der Waals surface area contributed by atoms with E-state index < -0.39 is 0 Å². The lowest BCUT2D eigenvalue weighted by Gasteiger charge is -2.35. The molecule has 1 saturated carbocycles. The minimum atomic E-state index is 0.239. The van der Waals surface area contributed by atoms with Crippen LogP contribution in [0.3, 0.4) is 0 Å². The van der Waals surface area contributed by atoms with Gasteiger partial charge in [0.2, 0.25) is 0 Å². The molecule has 1 N–H and O–H groups in total. The first-order valence-corrected chi connectivity index (χ1v) is 12.2. The van der Waals surface area contributed by atoms with Crippen molar-refractivity contribution in [3.05, 3.63) is 46.8 Å². The van der Waals surface area contributed by atoms with E-state index in [0.29, 0.717) is 12.1 Å². The van der Waals surface area contributed by atoms with E-state index in [-0.39, 0.29) is 11.9 Å². The highest BCUT2D eigenvalue weighted by Gasteiger charge is 2.40. The first kappa shape index (κ1) is 18.5. The number of nitrogens with one attached hydrogen (secondary N) is 1. The quantitative estimate of drug-likeness (QED) is 0.806. The molecule has 2 aliphatic heterocycles. The average Bonchev–Trinajstić information content (AvgIpc) is 3.16. The summed E-state index contributed by atoms with van der Waals surface area (Å²) in [5.41, 5.74) is 7.91. The largest absolute Gasteiger partial charge is 0.369 e. The van der Waals surface area contributed by atoms with Crippen molar-refractivity contribution in [2.75, 3.05) is 23.7 Å². The van der Waals surface area contributed by atoms with Crippen molar-refractivity contribution in [3.63, 3.8) is 0 Å². The lowest BCUT2D eigenvalue weighted by molar-refractivity contribution is 0.0642. The molecule has 0 bridgehead atoms. The topological polar surface area (TPSA) is 64.6 Å². The van der Waals surface area contributed by atoms with E-state index in [4.69, 9.17) is 0 Å². The van der Waals surface area contributed by atoms with Gasteiger partial charge in [-0.25, -0.2) is 0 Å². The zero-order valence-electron chi connectivity index (χ0n) is 17.1. The predicted octanol–water partition coefficient (Wildman–Crippen LogP) is 3.08. The van der Waals surface area contributed by atoms with E-state index in [1.807, 2.05) is 11.7 Å². The second-order valence-corrected chi connectivity index (χ2v) is 9.83. The second kappa shape index (κ2) is 7.45. The van der Waals surface area contributed by atoms with Crippen LogP contribution >= 0.6 is 11.8 Å². The molecular weight excluding hydrogens is 394 g/mol. The van der Waals surface area contributed by atoms with E-state index in [9.17, 15) is 4.79 Å². The Kier molecular flexibility index (Phi) is 4.59. The molecule has 6 rings (SSSR count). The number of rotatable bonds is 5. The number of H-pyrrole nitrogens is 1. The molecular formula is C23H27N5OS. The number of fused-ring (bicyclic) bond motifs is 2. The third kappa shape index (κ3) is 3.23. The van der Waals surface area contributed by atoms with Gasteiger partial charge < -0.3 is 9.80 Å². The number of hydrogen-bond acceptors (Lipinski definition) is 5. The van der Waals surface area contributed by atoms with Crippen molar-refractivity contribution in [1.82, 2.24) is 15.1 Å². The van der Waals surface area contributed by atoms with E-state index in [0.717, 1.165) is 62.9 Å². The van der Waals surface area contributed by atoms with Gasteiger partial charge in [0.1, 0.15) is 0 Å². The fourth-order valence-corrected chi connectivity index (χ4v) is 6.09. The summed E-state index contributed by atoms with van der Waals surface area (Å²) < 4.78 is 0. The van der Waals surface area contributed by atoms with Crippen molar-refractivity contribution in [2.24, 2.45) is 4.99 Å². The number of aromatic nitrogens is 2. The van der Waals surface area contributed by atoms with Crippen LogP contribution in [0, 0.1) is 0 Å². The smallest absolute Gasteiger partial charge is 0.254 e. The lowest BCUT2D eigenvalue weighted by Crippen LogP contribution is -2.45. The summed E-state index contributed by atoms with van der Waals surface area (Å²) in [6.45, 7) is 1.94. The molecule has 6 nitrogen and oxygen atoms in total. The number of benzene rings is 1. The summed E-state index contributed by atoms with van der Waals surface area (Å²) in [6.07, 6.45) is 8.10. The number of carbonyl (C=O) groups is 1. The number of thioether (sulfide) groups is 1. The lowest BCUT2D eigenvalue weighted by atomic mass is 9.91. The zero-order chi connectivity index (χ0) is 20.1. The Hall–Kier alpha value is -2.28. The molecule has 156 valence electrons. The van der Waals surface area contributed by atoms with Gasteiger partial charge in [0.05, 0.1) is 17.8 Å². The Morgan fingerprint density at radius 2 is 2.17 bits per heavy atom. The summed E-state index contributed by atoms with van der Waals surface area (Å²) in [5, 5.41) is 7.33. The molecule has 1 aromatic heterocycles. The second-order valence-electron chi connectivity index (χ2n) is 8.95. The van der Waals surface area contributed by atoms with Gasteiger partial charge in [-0.15, -0.1) is 11.8 Å². The van der Waals surface area contributed by atoms with Crippen LogP contribution in [0.2, 0.25) is 0 Å². The molecule has 2 atom stereocenters. The van der Waals surface area contributed by atoms with Crippen LogP contribution in [0.1, 0.15) is 46.4 Å². The van der Waals surface area contributed by atoms with Crippen molar-refractivity contribution >= 4 is 28.9 Å². The molecule has 2 unspecified atom stereocenters. The molecule has 2 aromatic rings. The number of amides is 1. The first-order chi connectivity index (χ1) is 14.8. The Bertz CT molecular complexity index is 997. The molecule has 4 aliphatic rings. The van der Waals surface area contributed by atoms with Gasteiger partial charge in [0.25, 0.3) is 5.91 Å². The number of nitrogens with zero attached hydrogens (tertiary/aromatic N) is 4. The van der Waals surface area contributed by atoms with Crippen LogP contribution in [0.25, 0.3) is 0 Å². The molecule has 0 saturated heterocycles. The fourth-order valence-electron chi connectivity index (χ4n) is 5.33. The van der Waals surface area contributed by atoms with Crippen LogP contribution in [0.5, 0.6) is 0 Å². The van der Waals surface area contributed by atoms with Crippen molar-refractivity contribution in [2.45, 2.75) is 56.7 Å². The van der Waals surface area contributed by atoms with Gasteiger partial charge in [0, 0.05) is 47.9 Å². The van der Waals surface area contributed by atoms with Gasteiger partial charge in [-0.2, -0.15) is 5.10 Å². The average molecular weight is 422 g/mol. The van der Waals surface area contributed by atoms with Gasteiger partial charge in [-0.05, 0) is 61.8 Å². The fraction of sp³-hybridized carbons (Fsp3) is 0.522. The number of aromatic amines is 1. The maximum absolute atomic E-state index is 13.8. The highest BCUT2D eigenvalue weighted by molar-refractivity contribution is 8.12. The zero-order valence-corrected chi connectivity index (χ0v) is 17.9. The number of carbonyl (C=O) groups excluding carboxylic acids is 1. The number of aliphatic imine (C=N–C) groups is 1. The minimum absolute atomic E-state index is 0.239. The van der Waals surface area contributed by atoms with Gasteiger partial charge in [0.15, 0.2) is 0 Å². The van der Waals surface area contributed by atoms with Gasteiger partial charge in [-0.3, -0.25) is 14.9 Å². The molecule has 1 amide bonds. The maximum Gasteiger partial charge on any atom is 0.254 e. The highest BCUT2D eigenvalue weighted by atomic mass is 32.2. The Morgan fingerprint density at radius 3 is 3.00 bits per heavy atom. The third-order valence-electron chi connectivity index (χ3n) is 6.98. The van der Waals surface area contributed by atoms with Crippen molar-refractivity contribution in [1.29, 1.82) is 0 Å². The van der Waals surface area contributed by atoms with E-state index in [1.54, 1.807) is 11.8 Å². The minimum Gasteiger partial charge on any atom is -0.369 e. The van der Waals surface area contributed by atoms with Crippen molar-refractivity contribution < 1.29 is 4.79 Å². The Labute approximate surface area is 181 Å². The molecule has 30 heavy (non-hydrogen) atoms. The van der Waals surface area contributed by atoms with E-state index >= 15 is 0 Å². The van der Waals surface area contributed by atoms with Gasteiger partial charge >= 0.3 is 0 Å². The highest BCUT2D eigenvalue weighted by Crippen LogP contribution is 2.37. The number of anilines is 1. The molecule has 3 heterocycles. The summed E-state index contributed by atoms with van der Waals surface area (Å²) in [7, 11) is 0.